The molecule has 6 heteroatoms. The summed E-state index contributed by atoms with van der Waals surface area (Å²) in [6, 6.07) is 10.7. The molecule has 2 aromatic carbocycles. The van der Waals surface area contributed by atoms with Crippen LogP contribution in [0.2, 0.25) is 0 Å². The quantitative estimate of drug-likeness (QED) is 0.845. The molecular weight excluding hydrogens is 310 g/mol. The largest absolute Gasteiger partial charge is 0.493 e. The van der Waals surface area contributed by atoms with Crippen LogP contribution in [0.4, 0.5) is 0 Å². The van der Waals surface area contributed by atoms with Crippen LogP contribution >= 0.6 is 0 Å². The van der Waals surface area contributed by atoms with Gasteiger partial charge in [0, 0.05) is 6.54 Å². The van der Waals surface area contributed by atoms with Crippen LogP contribution in [0.15, 0.2) is 36.4 Å². The number of hydrogen-bond acceptors (Lipinski definition) is 5. The second-order valence-electron chi connectivity index (χ2n) is 4.91. The predicted octanol–water partition coefficient (Wildman–Crippen LogP) is 2.65. The van der Waals surface area contributed by atoms with Crippen LogP contribution < -0.4 is 24.3 Å². The Bertz CT molecular complexity index is 715. The molecule has 0 spiro atoms. The van der Waals surface area contributed by atoms with Crippen molar-refractivity contribution in [3.63, 3.8) is 0 Å². The van der Waals surface area contributed by atoms with Crippen LogP contribution in [0.3, 0.4) is 0 Å². The van der Waals surface area contributed by atoms with E-state index in [1.54, 1.807) is 38.5 Å². The normalized spacial score (nSPS) is 10.0. The number of carbonyl (C=O) groups is 1. The summed E-state index contributed by atoms with van der Waals surface area (Å²) in [5, 5.41) is 2.86. The van der Waals surface area contributed by atoms with Gasteiger partial charge in [0.1, 0.15) is 0 Å². The first-order valence-electron chi connectivity index (χ1n) is 7.34. The van der Waals surface area contributed by atoms with Gasteiger partial charge in [0.05, 0.1) is 34.0 Å². The molecule has 0 aromatic heterocycles. The number of benzene rings is 2. The number of hydrogen-bond donors (Lipinski definition) is 1. The molecule has 6 nitrogen and oxygen atoms in total. The molecule has 0 radical (unpaired) electrons. The maximum absolute atomic E-state index is 12.4. The van der Waals surface area contributed by atoms with Gasteiger partial charge in [-0.05, 0) is 29.8 Å². The van der Waals surface area contributed by atoms with E-state index in [-0.39, 0.29) is 5.91 Å². The second-order valence-corrected chi connectivity index (χ2v) is 4.91. The summed E-state index contributed by atoms with van der Waals surface area (Å²) in [5.41, 5.74) is 1.31. The fraction of sp³-hybridized carbons (Fsp3) is 0.278. The van der Waals surface area contributed by atoms with Gasteiger partial charge in [-0.3, -0.25) is 4.79 Å². The topological polar surface area (TPSA) is 66.0 Å². The SMILES string of the molecule is COc1ccc(CNC(=O)c2cccc(OC)c2OC)cc1OC. The van der Waals surface area contributed by atoms with Crippen molar-refractivity contribution in [2.24, 2.45) is 0 Å². The van der Waals surface area contributed by atoms with E-state index < -0.39 is 0 Å². The summed E-state index contributed by atoms with van der Waals surface area (Å²) >= 11 is 0. The summed E-state index contributed by atoms with van der Waals surface area (Å²) in [7, 11) is 6.18. The Hall–Kier alpha value is -2.89. The Kier molecular flexibility index (Phi) is 5.89. The highest BCUT2D eigenvalue weighted by Crippen LogP contribution is 2.31. The van der Waals surface area contributed by atoms with Crippen molar-refractivity contribution < 1.29 is 23.7 Å². The first-order valence-corrected chi connectivity index (χ1v) is 7.34. The summed E-state index contributed by atoms with van der Waals surface area (Å²) in [6.07, 6.45) is 0. The fourth-order valence-electron chi connectivity index (χ4n) is 2.33. The third kappa shape index (κ3) is 3.71. The highest BCUT2D eigenvalue weighted by Gasteiger charge is 2.16. The van der Waals surface area contributed by atoms with Gasteiger partial charge >= 0.3 is 0 Å². The number of methoxy groups -OCH3 is 4. The zero-order valence-corrected chi connectivity index (χ0v) is 14.2. The minimum Gasteiger partial charge on any atom is -0.493 e. The van der Waals surface area contributed by atoms with Gasteiger partial charge in [0.2, 0.25) is 0 Å². The number of para-hydroxylation sites is 1. The minimum absolute atomic E-state index is 0.250. The lowest BCUT2D eigenvalue weighted by molar-refractivity contribution is 0.0947. The molecule has 1 N–H and O–H groups in total. The summed E-state index contributed by atoms with van der Waals surface area (Å²) in [4.78, 5) is 12.4. The van der Waals surface area contributed by atoms with Crippen molar-refractivity contribution in [1.82, 2.24) is 5.32 Å². The molecule has 0 unspecified atom stereocenters. The molecule has 0 bridgehead atoms. The molecular formula is C18H21NO5. The van der Waals surface area contributed by atoms with Crippen molar-refractivity contribution in [1.29, 1.82) is 0 Å². The Morgan fingerprint density at radius 2 is 1.58 bits per heavy atom. The van der Waals surface area contributed by atoms with E-state index in [1.165, 1.54) is 14.2 Å². The van der Waals surface area contributed by atoms with Crippen LogP contribution in [-0.2, 0) is 6.54 Å². The lowest BCUT2D eigenvalue weighted by Gasteiger charge is -2.13. The van der Waals surface area contributed by atoms with Gasteiger partial charge < -0.3 is 24.3 Å². The molecule has 0 aliphatic carbocycles. The molecule has 0 heterocycles. The zero-order valence-electron chi connectivity index (χ0n) is 14.2. The van der Waals surface area contributed by atoms with Gasteiger partial charge in [0.15, 0.2) is 23.0 Å². The molecule has 0 saturated carbocycles. The highest BCUT2D eigenvalue weighted by atomic mass is 16.5. The fourth-order valence-corrected chi connectivity index (χ4v) is 2.33. The van der Waals surface area contributed by atoms with Gasteiger partial charge in [0.25, 0.3) is 5.91 Å². The van der Waals surface area contributed by atoms with E-state index in [0.29, 0.717) is 35.1 Å². The molecule has 2 rings (SSSR count). The number of nitrogens with one attached hydrogen (secondary N) is 1. The van der Waals surface area contributed by atoms with E-state index in [2.05, 4.69) is 5.32 Å². The van der Waals surface area contributed by atoms with Crippen molar-refractivity contribution in [2.45, 2.75) is 6.54 Å². The van der Waals surface area contributed by atoms with Gasteiger partial charge in [-0.1, -0.05) is 12.1 Å². The number of amides is 1. The van der Waals surface area contributed by atoms with Crippen molar-refractivity contribution in [3.8, 4) is 23.0 Å². The average Bonchev–Trinajstić information content (AvgIpc) is 2.64. The van der Waals surface area contributed by atoms with Crippen LogP contribution in [-0.4, -0.2) is 34.3 Å². The van der Waals surface area contributed by atoms with Gasteiger partial charge in [-0.15, -0.1) is 0 Å². The van der Waals surface area contributed by atoms with E-state index in [1.807, 2.05) is 12.1 Å². The maximum atomic E-state index is 12.4. The van der Waals surface area contributed by atoms with Crippen molar-refractivity contribution in [3.05, 3.63) is 47.5 Å². The van der Waals surface area contributed by atoms with Crippen LogP contribution in [0, 0.1) is 0 Å². The first-order chi connectivity index (χ1) is 11.6. The van der Waals surface area contributed by atoms with Gasteiger partial charge in [-0.2, -0.15) is 0 Å². The molecule has 128 valence electrons. The third-order valence-corrected chi connectivity index (χ3v) is 3.55. The molecule has 0 atom stereocenters. The second kappa shape index (κ2) is 8.10. The summed E-state index contributed by atoms with van der Waals surface area (Å²) < 4.78 is 21.0. The number of ether oxygens (including phenoxy) is 4. The Balaban J connectivity index is 2.14. The molecule has 2 aromatic rings. The standard InChI is InChI=1S/C18H21NO5/c1-21-14-9-8-12(10-16(14)23-3)11-19-18(20)13-6-5-7-15(22-2)17(13)24-4/h5-10H,11H2,1-4H3,(H,19,20). The summed E-state index contributed by atoms with van der Waals surface area (Å²) in [6.45, 7) is 0.347. The monoisotopic (exact) mass is 331 g/mol. The maximum Gasteiger partial charge on any atom is 0.255 e. The van der Waals surface area contributed by atoms with Gasteiger partial charge in [-0.25, -0.2) is 0 Å². The Labute approximate surface area is 141 Å². The number of carbonyl (C=O) groups excluding carboxylic acids is 1. The molecule has 0 fully saturated rings. The van der Waals surface area contributed by atoms with Crippen molar-refractivity contribution >= 4 is 5.91 Å². The summed E-state index contributed by atoms with van der Waals surface area (Å²) in [5.74, 6) is 1.92. The minimum atomic E-state index is -0.250. The molecule has 0 aliphatic heterocycles. The van der Waals surface area contributed by atoms with E-state index in [4.69, 9.17) is 18.9 Å². The van der Waals surface area contributed by atoms with E-state index in [9.17, 15) is 4.79 Å². The third-order valence-electron chi connectivity index (χ3n) is 3.55. The molecule has 0 aliphatic rings. The van der Waals surface area contributed by atoms with Crippen molar-refractivity contribution in [2.75, 3.05) is 28.4 Å². The lowest BCUT2D eigenvalue weighted by Crippen LogP contribution is -2.23. The molecule has 24 heavy (non-hydrogen) atoms. The molecule has 0 saturated heterocycles. The first kappa shape index (κ1) is 17.5. The van der Waals surface area contributed by atoms with Crippen LogP contribution in [0.5, 0.6) is 23.0 Å². The lowest BCUT2D eigenvalue weighted by atomic mass is 10.1. The van der Waals surface area contributed by atoms with E-state index >= 15 is 0 Å². The Morgan fingerprint density at radius 1 is 0.875 bits per heavy atom. The zero-order chi connectivity index (χ0) is 17.5. The Morgan fingerprint density at radius 3 is 2.21 bits per heavy atom. The number of rotatable bonds is 7. The smallest absolute Gasteiger partial charge is 0.255 e. The average molecular weight is 331 g/mol. The van der Waals surface area contributed by atoms with Crippen LogP contribution in [0.1, 0.15) is 15.9 Å². The predicted molar refractivity (Wildman–Crippen MR) is 90.3 cm³/mol. The highest BCUT2D eigenvalue weighted by molar-refractivity contribution is 5.97. The van der Waals surface area contributed by atoms with Crippen LogP contribution in [0.25, 0.3) is 0 Å². The van der Waals surface area contributed by atoms with E-state index in [0.717, 1.165) is 5.56 Å². The molecule has 1 amide bonds.